The Morgan fingerprint density at radius 3 is 2.95 bits per heavy atom. The lowest BCUT2D eigenvalue weighted by molar-refractivity contribution is 0.0997. The van der Waals surface area contributed by atoms with E-state index in [1.165, 1.54) is 10.9 Å². The van der Waals surface area contributed by atoms with E-state index >= 15 is 0 Å². The minimum atomic E-state index is -0.889. The highest BCUT2D eigenvalue weighted by Crippen LogP contribution is 2.30. The predicted octanol–water partition coefficient (Wildman–Crippen LogP) is 1.83. The van der Waals surface area contributed by atoms with E-state index in [9.17, 15) is 9.90 Å². The van der Waals surface area contributed by atoms with Crippen molar-refractivity contribution in [2.75, 3.05) is 23.9 Å². The summed E-state index contributed by atoms with van der Waals surface area (Å²) in [6, 6.07) is 0. The zero-order chi connectivity index (χ0) is 14.8. The molecular weight excluding hydrogens is 298 g/mol. The lowest BCUT2D eigenvalue weighted by atomic mass is 10.1. The maximum Gasteiger partial charge on any atom is 0.291 e. The van der Waals surface area contributed by atoms with Crippen LogP contribution in [0.2, 0.25) is 5.02 Å². The zero-order valence-electron chi connectivity index (χ0n) is 11.7. The topological polar surface area (TPSA) is 67.2 Å². The molecule has 0 amide bonds. The van der Waals surface area contributed by atoms with Crippen LogP contribution in [0.5, 0.6) is 0 Å². The first-order valence-corrected chi connectivity index (χ1v) is 8.41. The van der Waals surface area contributed by atoms with Crippen LogP contribution >= 0.6 is 23.4 Å². The first-order valence-electron chi connectivity index (χ1n) is 6.64. The summed E-state index contributed by atoms with van der Waals surface area (Å²) in [6.07, 6.45) is 5.72. The van der Waals surface area contributed by atoms with Crippen molar-refractivity contribution < 1.29 is 5.11 Å². The van der Waals surface area contributed by atoms with Crippen LogP contribution < -0.4 is 10.9 Å². The number of aliphatic hydroxyl groups is 1. The molecule has 7 heteroatoms. The Morgan fingerprint density at radius 1 is 1.65 bits per heavy atom. The fourth-order valence-corrected chi connectivity index (χ4v) is 2.86. The van der Waals surface area contributed by atoms with Gasteiger partial charge in [-0.1, -0.05) is 11.6 Å². The molecule has 0 aliphatic heterocycles. The smallest absolute Gasteiger partial charge is 0.291 e. The van der Waals surface area contributed by atoms with E-state index < -0.39 is 5.60 Å². The molecule has 1 aromatic rings. The molecule has 1 aliphatic carbocycles. The first-order chi connectivity index (χ1) is 9.43. The van der Waals surface area contributed by atoms with Gasteiger partial charge < -0.3 is 10.4 Å². The van der Waals surface area contributed by atoms with E-state index in [-0.39, 0.29) is 12.1 Å². The van der Waals surface area contributed by atoms with Gasteiger partial charge in [0.25, 0.3) is 5.56 Å². The highest BCUT2D eigenvalue weighted by molar-refractivity contribution is 7.98. The van der Waals surface area contributed by atoms with Gasteiger partial charge in [0.15, 0.2) is 0 Å². The summed E-state index contributed by atoms with van der Waals surface area (Å²) in [6.45, 7) is 2.65. The summed E-state index contributed by atoms with van der Waals surface area (Å²) < 4.78 is 1.45. The highest BCUT2D eigenvalue weighted by atomic mass is 35.5. The first kappa shape index (κ1) is 15.7. The summed E-state index contributed by atoms with van der Waals surface area (Å²) in [5, 5.41) is 17.5. The van der Waals surface area contributed by atoms with E-state index in [0.717, 1.165) is 12.8 Å². The third-order valence-electron chi connectivity index (χ3n) is 3.23. The van der Waals surface area contributed by atoms with Gasteiger partial charge in [-0.25, -0.2) is 4.68 Å². The van der Waals surface area contributed by atoms with Crippen LogP contribution in [0, 0.1) is 5.92 Å². The van der Waals surface area contributed by atoms with Gasteiger partial charge in [0, 0.05) is 18.8 Å². The van der Waals surface area contributed by atoms with Crippen molar-refractivity contribution in [1.29, 1.82) is 0 Å². The van der Waals surface area contributed by atoms with E-state index in [4.69, 9.17) is 11.6 Å². The molecule has 1 fully saturated rings. The molecule has 5 nitrogen and oxygen atoms in total. The van der Waals surface area contributed by atoms with E-state index in [2.05, 4.69) is 10.4 Å². The maximum absolute atomic E-state index is 12.3. The fourth-order valence-electron chi connectivity index (χ4n) is 1.94. The molecule has 0 bridgehead atoms. The molecule has 0 spiro atoms. The van der Waals surface area contributed by atoms with Crippen molar-refractivity contribution >= 4 is 29.1 Å². The Balaban J connectivity index is 2.11. The summed E-state index contributed by atoms with van der Waals surface area (Å²) >= 11 is 7.59. The molecule has 1 aliphatic rings. The number of aromatic nitrogens is 2. The molecule has 1 unspecified atom stereocenters. The Kier molecular flexibility index (Phi) is 4.99. The minimum Gasteiger partial charge on any atom is -0.387 e. The second-order valence-electron chi connectivity index (χ2n) is 5.58. The number of thioether (sulfide) groups is 1. The summed E-state index contributed by atoms with van der Waals surface area (Å²) in [5.41, 5.74) is -0.784. The largest absolute Gasteiger partial charge is 0.387 e. The molecule has 0 saturated heterocycles. The average molecular weight is 318 g/mol. The maximum atomic E-state index is 12.3. The lowest BCUT2D eigenvalue weighted by Gasteiger charge is -2.23. The molecule has 1 aromatic heterocycles. The number of nitrogens with one attached hydrogen (secondary N) is 1. The quantitative estimate of drug-likeness (QED) is 0.803. The van der Waals surface area contributed by atoms with E-state index in [1.54, 1.807) is 18.7 Å². The lowest BCUT2D eigenvalue weighted by Crippen LogP contribution is -2.38. The van der Waals surface area contributed by atoms with Gasteiger partial charge in [-0.05, 0) is 31.9 Å². The highest BCUT2D eigenvalue weighted by Gasteiger charge is 2.24. The fraction of sp³-hybridized carbons (Fsp3) is 0.692. The third-order valence-corrected chi connectivity index (χ3v) is 4.42. The van der Waals surface area contributed by atoms with Crippen LogP contribution in [0.3, 0.4) is 0 Å². The normalized spacial score (nSPS) is 17.8. The van der Waals surface area contributed by atoms with Crippen molar-refractivity contribution in [3.05, 3.63) is 21.6 Å². The van der Waals surface area contributed by atoms with Crippen LogP contribution in [0.1, 0.15) is 19.8 Å². The van der Waals surface area contributed by atoms with E-state index in [0.29, 0.717) is 28.9 Å². The van der Waals surface area contributed by atoms with Gasteiger partial charge in [-0.3, -0.25) is 4.79 Å². The van der Waals surface area contributed by atoms with Crippen molar-refractivity contribution in [3.8, 4) is 0 Å². The van der Waals surface area contributed by atoms with Crippen molar-refractivity contribution in [2.24, 2.45) is 5.92 Å². The Hall–Kier alpha value is -0.720. The Morgan fingerprint density at radius 2 is 2.35 bits per heavy atom. The van der Waals surface area contributed by atoms with Gasteiger partial charge in [-0.15, -0.1) is 0 Å². The minimum absolute atomic E-state index is 0.218. The van der Waals surface area contributed by atoms with Crippen molar-refractivity contribution in [3.63, 3.8) is 0 Å². The molecular formula is C13H20ClN3O2S. The molecule has 1 atom stereocenters. The van der Waals surface area contributed by atoms with Gasteiger partial charge in [0.05, 0.1) is 16.8 Å². The average Bonchev–Trinajstić information content (AvgIpc) is 3.16. The molecule has 0 aromatic carbocycles. The molecule has 2 N–H and O–H groups in total. The predicted molar refractivity (Wildman–Crippen MR) is 83.7 cm³/mol. The molecule has 1 saturated carbocycles. The van der Waals surface area contributed by atoms with Crippen LogP contribution in [0.25, 0.3) is 0 Å². The van der Waals surface area contributed by atoms with Crippen LogP contribution in [0.4, 0.5) is 5.69 Å². The number of anilines is 1. The SMILES string of the molecule is CSCC(C)(O)CNc1c(Cl)cnn(CC2CC2)c1=O. The second kappa shape index (κ2) is 6.37. The second-order valence-corrected chi connectivity index (χ2v) is 6.85. The summed E-state index contributed by atoms with van der Waals surface area (Å²) in [5.74, 6) is 1.15. The number of nitrogens with zero attached hydrogens (tertiary/aromatic N) is 2. The van der Waals surface area contributed by atoms with Gasteiger partial charge in [0.2, 0.25) is 0 Å². The molecule has 112 valence electrons. The van der Waals surface area contributed by atoms with Crippen LogP contribution in [-0.4, -0.2) is 39.0 Å². The summed E-state index contributed by atoms with van der Waals surface area (Å²) in [7, 11) is 0. The van der Waals surface area contributed by atoms with E-state index in [1.807, 2.05) is 6.26 Å². The summed E-state index contributed by atoms with van der Waals surface area (Å²) in [4.78, 5) is 12.3. The zero-order valence-corrected chi connectivity index (χ0v) is 13.3. The van der Waals surface area contributed by atoms with Crippen molar-refractivity contribution in [2.45, 2.75) is 31.9 Å². The molecule has 20 heavy (non-hydrogen) atoms. The third kappa shape index (κ3) is 4.14. The standard InChI is InChI=1S/C13H20ClN3O2S/c1-13(19,8-20-2)7-15-11-10(14)5-16-17(12(11)18)6-9-3-4-9/h5,9,15,19H,3-4,6-8H2,1-2H3. The number of hydrogen-bond acceptors (Lipinski definition) is 5. The van der Waals surface area contributed by atoms with Gasteiger partial charge in [-0.2, -0.15) is 16.9 Å². The number of halogens is 1. The molecule has 2 rings (SSSR count). The van der Waals surface area contributed by atoms with Crippen molar-refractivity contribution in [1.82, 2.24) is 9.78 Å². The number of hydrogen-bond donors (Lipinski definition) is 2. The Labute approximate surface area is 127 Å². The Bertz CT molecular complexity index is 529. The van der Waals surface area contributed by atoms with Gasteiger partial charge >= 0.3 is 0 Å². The van der Waals surface area contributed by atoms with Crippen LogP contribution in [-0.2, 0) is 6.54 Å². The molecule has 0 radical (unpaired) electrons. The monoisotopic (exact) mass is 317 g/mol. The van der Waals surface area contributed by atoms with Gasteiger partial charge in [0.1, 0.15) is 5.69 Å². The molecule has 1 heterocycles. The number of rotatable bonds is 7. The van der Waals surface area contributed by atoms with Crippen LogP contribution in [0.15, 0.2) is 11.0 Å².